The first-order valence-corrected chi connectivity index (χ1v) is 10.5. The van der Waals surface area contributed by atoms with E-state index in [4.69, 9.17) is 9.47 Å². The molecule has 0 spiro atoms. The van der Waals surface area contributed by atoms with Gasteiger partial charge in [0.15, 0.2) is 17.5 Å². The Hall–Kier alpha value is -2.82. The molecule has 1 heterocycles. The SMILES string of the molecule is CCOc1ccc(CCNC(=NC)NCc2ccc(-n3cncn3)cc2)cc1OCC.I. The second-order valence-corrected chi connectivity index (χ2v) is 6.76. The van der Waals surface area contributed by atoms with Crippen LogP contribution in [-0.2, 0) is 13.0 Å². The number of guanidine groups is 1. The Morgan fingerprint density at radius 2 is 1.69 bits per heavy atom. The van der Waals surface area contributed by atoms with Gasteiger partial charge in [-0.3, -0.25) is 4.99 Å². The third-order valence-corrected chi connectivity index (χ3v) is 4.62. The molecular weight excluding hydrogens is 519 g/mol. The van der Waals surface area contributed by atoms with Crippen molar-refractivity contribution in [2.24, 2.45) is 4.99 Å². The van der Waals surface area contributed by atoms with E-state index in [-0.39, 0.29) is 24.0 Å². The van der Waals surface area contributed by atoms with Gasteiger partial charge in [-0.1, -0.05) is 18.2 Å². The standard InChI is InChI=1S/C23H30N6O2.HI/c1-4-30-21-11-8-18(14-22(21)31-5-2)12-13-26-23(24-3)27-15-19-6-9-20(10-7-19)29-17-25-16-28-29;/h6-11,14,16-17H,4-5,12-13,15H2,1-3H3,(H2,24,26,27);1H. The second-order valence-electron chi connectivity index (χ2n) is 6.76. The molecule has 2 N–H and O–H groups in total. The van der Waals surface area contributed by atoms with Gasteiger partial charge in [-0.25, -0.2) is 9.67 Å². The topological polar surface area (TPSA) is 85.6 Å². The zero-order chi connectivity index (χ0) is 21.9. The molecule has 0 saturated heterocycles. The Morgan fingerprint density at radius 1 is 0.969 bits per heavy atom. The summed E-state index contributed by atoms with van der Waals surface area (Å²) in [5.41, 5.74) is 3.31. The third kappa shape index (κ3) is 7.40. The van der Waals surface area contributed by atoms with Crippen LogP contribution in [0.5, 0.6) is 11.5 Å². The van der Waals surface area contributed by atoms with Crippen molar-refractivity contribution in [1.29, 1.82) is 0 Å². The van der Waals surface area contributed by atoms with Crippen molar-refractivity contribution < 1.29 is 9.47 Å². The van der Waals surface area contributed by atoms with Crippen LogP contribution in [0.4, 0.5) is 0 Å². The Bertz CT molecular complexity index is 961. The zero-order valence-electron chi connectivity index (χ0n) is 18.7. The predicted molar refractivity (Wildman–Crippen MR) is 137 cm³/mol. The molecule has 0 bridgehead atoms. The van der Waals surface area contributed by atoms with Gasteiger partial charge in [0.05, 0.1) is 18.9 Å². The molecule has 9 heteroatoms. The van der Waals surface area contributed by atoms with Gasteiger partial charge in [-0.2, -0.15) is 5.10 Å². The molecule has 0 atom stereocenters. The minimum atomic E-state index is 0. The number of ether oxygens (including phenoxy) is 2. The van der Waals surface area contributed by atoms with Crippen molar-refractivity contribution in [2.45, 2.75) is 26.8 Å². The lowest BCUT2D eigenvalue weighted by atomic mass is 10.1. The van der Waals surface area contributed by atoms with E-state index < -0.39 is 0 Å². The highest BCUT2D eigenvalue weighted by molar-refractivity contribution is 14.0. The number of aliphatic imine (C=N–C) groups is 1. The van der Waals surface area contributed by atoms with Crippen molar-refractivity contribution in [1.82, 2.24) is 25.4 Å². The summed E-state index contributed by atoms with van der Waals surface area (Å²) < 4.78 is 13.1. The smallest absolute Gasteiger partial charge is 0.191 e. The number of hydrogen-bond donors (Lipinski definition) is 2. The lowest BCUT2D eigenvalue weighted by Crippen LogP contribution is -2.37. The molecule has 0 aliphatic rings. The van der Waals surface area contributed by atoms with Gasteiger partial charge in [0, 0.05) is 20.1 Å². The van der Waals surface area contributed by atoms with Crippen molar-refractivity contribution in [3.63, 3.8) is 0 Å². The van der Waals surface area contributed by atoms with Crippen LogP contribution in [0.2, 0.25) is 0 Å². The second kappa shape index (κ2) is 13.6. The van der Waals surface area contributed by atoms with Crippen molar-refractivity contribution in [3.8, 4) is 17.2 Å². The minimum absolute atomic E-state index is 0. The summed E-state index contributed by atoms with van der Waals surface area (Å²) in [6.07, 6.45) is 4.05. The normalized spacial score (nSPS) is 10.9. The van der Waals surface area contributed by atoms with Gasteiger partial charge in [0.25, 0.3) is 0 Å². The highest BCUT2D eigenvalue weighted by atomic mass is 127. The molecule has 32 heavy (non-hydrogen) atoms. The number of nitrogens with zero attached hydrogens (tertiary/aromatic N) is 4. The first kappa shape index (κ1) is 25.4. The molecule has 0 amide bonds. The number of nitrogens with one attached hydrogen (secondary N) is 2. The van der Waals surface area contributed by atoms with E-state index in [1.54, 1.807) is 18.1 Å². The van der Waals surface area contributed by atoms with Gasteiger partial charge in [-0.15, -0.1) is 24.0 Å². The van der Waals surface area contributed by atoms with Crippen molar-refractivity contribution in [2.75, 3.05) is 26.8 Å². The molecule has 0 aliphatic carbocycles. The molecule has 0 unspecified atom stereocenters. The molecule has 8 nitrogen and oxygen atoms in total. The quantitative estimate of drug-likeness (QED) is 0.228. The zero-order valence-corrected chi connectivity index (χ0v) is 21.1. The van der Waals surface area contributed by atoms with Gasteiger partial charge in [0.2, 0.25) is 0 Å². The highest BCUT2D eigenvalue weighted by Gasteiger charge is 2.07. The largest absolute Gasteiger partial charge is 0.490 e. The summed E-state index contributed by atoms with van der Waals surface area (Å²) in [6.45, 7) is 6.60. The lowest BCUT2D eigenvalue weighted by molar-refractivity contribution is 0.287. The minimum Gasteiger partial charge on any atom is -0.490 e. The third-order valence-electron chi connectivity index (χ3n) is 4.62. The van der Waals surface area contributed by atoms with Crippen LogP contribution < -0.4 is 20.1 Å². The van der Waals surface area contributed by atoms with E-state index in [1.165, 1.54) is 11.9 Å². The van der Waals surface area contributed by atoms with Gasteiger partial charge in [0.1, 0.15) is 12.7 Å². The van der Waals surface area contributed by atoms with E-state index in [2.05, 4.69) is 43.9 Å². The molecule has 0 radical (unpaired) electrons. The van der Waals surface area contributed by atoms with Crippen LogP contribution in [-0.4, -0.2) is 47.5 Å². The average Bonchev–Trinajstić information content (AvgIpc) is 3.33. The van der Waals surface area contributed by atoms with Gasteiger partial charge in [-0.05, 0) is 55.7 Å². The fourth-order valence-electron chi connectivity index (χ4n) is 3.09. The molecular formula is C23H31IN6O2. The molecule has 0 saturated carbocycles. The maximum Gasteiger partial charge on any atom is 0.191 e. The maximum atomic E-state index is 5.71. The summed E-state index contributed by atoms with van der Waals surface area (Å²) in [5.74, 6) is 2.34. The number of aromatic nitrogens is 3. The summed E-state index contributed by atoms with van der Waals surface area (Å²) in [4.78, 5) is 8.28. The van der Waals surface area contributed by atoms with E-state index in [9.17, 15) is 0 Å². The number of hydrogen-bond acceptors (Lipinski definition) is 5. The summed E-state index contributed by atoms with van der Waals surface area (Å²) >= 11 is 0. The molecule has 0 aliphatic heterocycles. The molecule has 3 aromatic rings. The Labute approximate surface area is 206 Å². The monoisotopic (exact) mass is 550 g/mol. The van der Waals surface area contributed by atoms with Crippen molar-refractivity contribution >= 4 is 29.9 Å². The molecule has 2 aromatic carbocycles. The molecule has 172 valence electrons. The van der Waals surface area contributed by atoms with Crippen LogP contribution in [0.1, 0.15) is 25.0 Å². The summed E-state index contributed by atoms with van der Waals surface area (Å²) in [7, 11) is 1.77. The Balaban J connectivity index is 0.00000363. The van der Waals surface area contributed by atoms with E-state index >= 15 is 0 Å². The van der Waals surface area contributed by atoms with Crippen molar-refractivity contribution in [3.05, 3.63) is 66.2 Å². The fourth-order valence-corrected chi connectivity index (χ4v) is 3.09. The first-order valence-electron chi connectivity index (χ1n) is 10.5. The summed E-state index contributed by atoms with van der Waals surface area (Å²) in [6, 6.07) is 14.2. The Kier molecular flexibility index (Phi) is 10.8. The predicted octanol–water partition coefficient (Wildman–Crippen LogP) is 3.59. The van der Waals surface area contributed by atoms with Crippen LogP contribution in [0.15, 0.2) is 60.1 Å². The maximum absolute atomic E-state index is 5.71. The number of benzene rings is 2. The first-order chi connectivity index (χ1) is 15.2. The average molecular weight is 550 g/mol. The molecule has 3 rings (SSSR count). The number of rotatable bonds is 10. The lowest BCUT2D eigenvalue weighted by Gasteiger charge is -2.14. The highest BCUT2D eigenvalue weighted by Crippen LogP contribution is 2.28. The van der Waals surface area contributed by atoms with Crippen LogP contribution in [0.3, 0.4) is 0 Å². The summed E-state index contributed by atoms with van der Waals surface area (Å²) in [5, 5.41) is 10.8. The fraction of sp³-hybridized carbons (Fsp3) is 0.348. The van der Waals surface area contributed by atoms with Crippen LogP contribution in [0.25, 0.3) is 5.69 Å². The number of halogens is 1. The van der Waals surface area contributed by atoms with E-state index in [0.717, 1.165) is 41.7 Å². The van der Waals surface area contributed by atoms with Crippen LogP contribution >= 0.6 is 24.0 Å². The Morgan fingerprint density at radius 3 is 2.34 bits per heavy atom. The molecule has 0 fully saturated rings. The van der Waals surface area contributed by atoms with E-state index in [0.29, 0.717) is 19.8 Å². The van der Waals surface area contributed by atoms with Crippen LogP contribution in [0, 0.1) is 0 Å². The van der Waals surface area contributed by atoms with E-state index in [1.807, 2.05) is 38.1 Å². The van der Waals surface area contributed by atoms with Gasteiger partial charge >= 0.3 is 0 Å². The molecule has 1 aromatic heterocycles. The van der Waals surface area contributed by atoms with Gasteiger partial charge < -0.3 is 20.1 Å².